The summed E-state index contributed by atoms with van der Waals surface area (Å²) in [5.41, 5.74) is 18.3. The number of guanidine groups is 1. The number of aliphatic hydroxyl groups is 1. The first-order chi connectivity index (χ1) is 43.5. The monoisotopic (exact) mass is 1300 g/mol. The lowest BCUT2D eigenvalue weighted by atomic mass is 10.0. The number of imidazole rings is 1. The van der Waals surface area contributed by atoms with Crippen LogP contribution < -0.4 is 65.1 Å². The van der Waals surface area contributed by atoms with Crippen molar-refractivity contribution in [2.24, 2.45) is 28.1 Å². The second-order valence-electron chi connectivity index (χ2n) is 22.0. The number of fused-ring (bicyclic) bond motifs is 1. The molecule has 0 bridgehead atoms. The highest BCUT2D eigenvalue weighted by Gasteiger charge is 2.40. The number of carbonyl (C=O) groups excluding carboxylic acids is 11. The molecule has 2 aliphatic rings. The fourth-order valence-electron chi connectivity index (χ4n) is 9.79. The van der Waals surface area contributed by atoms with Gasteiger partial charge in [-0.2, -0.15) is 13.2 Å². The number of carboxylic acids is 1. The highest BCUT2D eigenvalue weighted by Crippen LogP contribution is 2.22. The molecule has 2 aromatic carbocycles. The van der Waals surface area contributed by atoms with E-state index in [0.29, 0.717) is 34.1 Å². The first kappa shape index (κ1) is 72.4. The lowest BCUT2D eigenvalue weighted by Crippen LogP contribution is -2.60. The standard InChI is InChI=1S/C55H75N17O13.C2HF3O2/c1-29(2)19-38(49(80)67-37(9-5-17-60-55(57)58)54(85)72-18-6-10-43(72)53(84)62-25-44(56)75)66-46(77)26-63-47(78)39(20-30-11-13-33(74)14-12-30)68-52(83)42(27-73)71-50(81)40(21-31-23-61-35-8-4-3-7-34(31)35)69-51(82)41(22-32-24-59-28-64-32)70-48(79)36-15-16-45(76)65-36;3-2(4,5)1(6)7/h3-4,7-8,11-14,23-24,28-29,36-43,61,73-74H,5-6,9-10,15-22,25-27H2,1-2H3,(H2,56,75)(H,59,64)(H,62,84)(H,63,78)(H,65,76)(H,66,77)(H,67,80)(H,68,83)(H,69,82)(H,70,79)(H,71,81)(H4,57,58,60);(H,6,7). The van der Waals surface area contributed by atoms with Crippen LogP contribution in [-0.2, 0) is 76.8 Å². The Hall–Kier alpha value is -10.3. The number of aliphatic hydroxyl groups excluding tert-OH is 1. The Morgan fingerprint density at radius 1 is 0.739 bits per heavy atom. The second-order valence-corrected chi connectivity index (χ2v) is 22.0. The number of nitrogens with zero attached hydrogens (tertiary/aromatic N) is 3. The molecule has 2 saturated heterocycles. The normalized spacial score (nSPS) is 16.3. The summed E-state index contributed by atoms with van der Waals surface area (Å²) in [6.45, 7) is 1.62. The zero-order chi connectivity index (χ0) is 67.8. The number of hydrogen-bond donors (Lipinski definition) is 17. The number of amides is 11. The van der Waals surface area contributed by atoms with Gasteiger partial charge in [0.1, 0.15) is 54.1 Å². The van der Waals surface area contributed by atoms with Crippen molar-refractivity contribution >= 4 is 87.8 Å². The van der Waals surface area contributed by atoms with Crippen LogP contribution in [0.1, 0.15) is 75.6 Å². The smallest absolute Gasteiger partial charge is 0.490 e. The van der Waals surface area contributed by atoms with Crippen molar-refractivity contribution in [3.8, 4) is 5.75 Å². The van der Waals surface area contributed by atoms with Gasteiger partial charge in [-0.05, 0) is 73.8 Å². The number of H-pyrrole nitrogens is 2. The van der Waals surface area contributed by atoms with Crippen LogP contribution in [0.5, 0.6) is 5.75 Å². The van der Waals surface area contributed by atoms with Gasteiger partial charge in [-0.15, -0.1) is 0 Å². The predicted molar refractivity (Wildman–Crippen MR) is 319 cm³/mol. The van der Waals surface area contributed by atoms with Gasteiger partial charge < -0.3 is 95.2 Å². The van der Waals surface area contributed by atoms with Gasteiger partial charge in [0, 0.05) is 67.8 Å². The molecular formula is C57H76F3N17O15. The van der Waals surface area contributed by atoms with Crippen LogP contribution >= 0.6 is 0 Å². The fraction of sp³-hybridized carbons (Fsp3) is 0.474. The number of aromatic amines is 2. The number of carbonyl (C=O) groups is 12. The molecule has 0 saturated carbocycles. The van der Waals surface area contributed by atoms with E-state index >= 15 is 0 Å². The number of carboxylic acid groups (broad SMARTS) is 1. The largest absolute Gasteiger partial charge is 0.508 e. The van der Waals surface area contributed by atoms with Crippen LogP contribution in [0.2, 0.25) is 0 Å². The Morgan fingerprint density at radius 2 is 1.36 bits per heavy atom. The minimum Gasteiger partial charge on any atom is -0.508 e. The van der Waals surface area contributed by atoms with E-state index in [-0.39, 0.29) is 94.4 Å². The van der Waals surface area contributed by atoms with Crippen molar-refractivity contribution in [1.29, 1.82) is 0 Å². The Morgan fingerprint density at radius 3 is 1.96 bits per heavy atom. The minimum atomic E-state index is -5.08. The third-order valence-electron chi connectivity index (χ3n) is 14.3. The second kappa shape index (κ2) is 34.6. The van der Waals surface area contributed by atoms with E-state index in [4.69, 9.17) is 27.1 Å². The number of phenols is 1. The molecule has 6 rings (SSSR count). The predicted octanol–water partition coefficient (Wildman–Crippen LogP) is -3.75. The van der Waals surface area contributed by atoms with E-state index in [1.807, 2.05) is 0 Å². The van der Waals surface area contributed by atoms with Crippen molar-refractivity contribution in [1.82, 2.24) is 67.7 Å². The fourth-order valence-corrected chi connectivity index (χ4v) is 9.79. The number of alkyl halides is 3. The number of phenolic OH excluding ortho intramolecular Hbond substituents is 1. The molecular weight excluding hydrogens is 1220 g/mol. The molecule has 2 aromatic heterocycles. The molecule has 20 N–H and O–H groups in total. The lowest BCUT2D eigenvalue weighted by Gasteiger charge is -2.30. The molecule has 35 heteroatoms. The number of benzene rings is 2. The summed E-state index contributed by atoms with van der Waals surface area (Å²) < 4.78 is 31.7. The quantitative estimate of drug-likeness (QED) is 0.0131. The van der Waals surface area contributed by atoms with E-state index in [9.17, 15) is 76.1 Å². The number of nitrogens with two attached hydrogens (primary N) is 3. The molecule has 92 heavy (non-hydrogen) atoms. The summed E-state index contributed by atoms with van der Waals surface area (Å²) >= 11 is 0. The molecule has 32 nitrogen and oxygen atoms in total. The summed E-state index contributed by atoms with van der Waals surface area (Å²) in [4.78, 5) is 173. The van der Waals surface area contributed by atoms with Gasteiger partial charge >= 0.3 is 12.1 Å². The summed E-state index contributed by atoms with van der Waals surface area (Å²) in [6, 6.07) is 2.37. The maximum absolute atomic E-state index is 14.4. The van der Waals surface area contributed by atoms with Crippen molar-refractivity contribution in [2.45, 2.75) is 133 Å². The lowest BCUT2D eigenvalue weighted by molar-refractivity contribution is -0.192. The number of rotatable bonds is 31. The van der Waals surface area contributed by atoms with Gasteiger partial charge in [0.15, 0.2) is 5.96 Å². The summed E-state index contributed by atoms with van der Waals surface area (Å²) in [5, 5.41) is 51.6. The van der Waals surface area contributed by atoms with Crippen LogP contribution in [0.15, 0.2) is 72.2 Å². The molecule has 4 heterocycles. The Labute approximate surface area is 523 Å². The zero-order valence-electron chi connectivity index (χ0n) is 50.1. The first-order valence-corrected chi connectivity index (χ1v) is 29.0. The van der Waals surface area contributed by atoms with Gasteiger partial charge in [0.05, 0.1) is 26.0 Å². The van der Waals surface area contributed by atoms with Crippen molar-refractivity contribution in [3.05, 3.63) is 84.1 Å². The highest BCUT2D eigenvalue weighted by molar-refractivity contribution is 5.99. The molecule has 2 aliphatic heterocycles. The van der Waals surface area contributed by atoms with E-state index in [1.165, 1.54) is 41.7 Å². The zero-order valence-corrected chi connectivity index (χ0v) is 50.1. The number of aliphatic carboxylic acids is 1. The van der Waals surface area contributed by atoms with E-state index in [1.54, 1.807) is 44.3 Å². The number of aromatic hydroxyl groups is 1. The molecule has 8 unspecified atom stereocenters. The average molecular weight is 1300 g/mol. The number of primary amides is 1. The van der Waals surface area contributed by atoms with E-state index in [2.05, 4.69) is 67.8 Å². The van der Waals surface area contributed by atoms with Crippen molar-refractivity contribution < 1.29 is 86.0 Å². The van der Waals surface area contributed by atoms with Crippen LogP contribution in [0.25, 0.3) is 10.9 Å². The Bertz CT molecular complexity index is 3290. The number of aromatic nitrogens is 3. The third-order valence-corrected chi connectivity index (χ3v) is 14.3. The van der Waals surface area contributed by atoms with Crippen LogP contribution in [0, 0.1) is 5.92 Å². The van der Waals surface area contributed by atoms with Crippen LogP contribution in [0.3, 0.4) is 0 Å². The number of hydrogen-bond acceptors (Lipinski definition) is 16. The number of nitrogens with one attached hydrogen (secondary N) is 11. The van der Waals surface area contributed by atoms with Gasteiger partial charge in [0.2, 0.25) is 65.0 Å². The maximum atomic E-state index is 14.4. The van der Waals surface area contributed by atoms with Gasteiger partial charge in [0.25, 0.3) is 0 Å². The van der Waals surface area contributed by atoms with Crippen LogP contribution in [-0.4, -0.2) is 199 Å². The van der Waals surface area contributed by atoms with Gasteiger partial charge in [-0.1, -0.05) is 44.2 Å². The molecule has 2 fully saturated rings. The molecule has 8 atom stereocenters. The van der Waals surface area contributed by atoms with Gasteiger partial charge in [-0.3, -0.25) is 57.7 Å². The Balaban J connectivity index is 0.00000207. The SMILES string of the molecule is CC(C)CC(NC(=O)CNC(=O)C(Cc1ccc(O)cc1)NC(=O)C(CO)NC(=O)C(Cc1c[nH]c2ccccc12)NC(=O)C(Cc1cnc[nH]1)NC(=O)C1CCC(=O)N1)C(=O)NC(CCCN=C(N)N)C(=O)N1CCCC1C(=O)NCC(N)=O.O=C(O)C(F)(F)F. The van der Waals surface area contributed by atoms with Crippen molar-refractivity contribution in [3.63, 3.8) is 0 Å². The number of halogens is 3. The topological polar surface area (TPSA) is 512 Å². The molecule has 0 aliphatic carbocycles. The van der Waals surface area contributed by atoms with E-state index in [0.717, 1.165) is 0 Å². The molecule has 4 aromatic rings. The highest BCUT2D eigenvalue weighted by atomic mass is 19.4. The number of para-hydroxylation sites is 1. The first-order valence-electron chi connectivity index (χ1n) is 29.0. The molecule has 11 amide bonds. The summed E-state index contributed by atoms with van der Waals surface area (Å²) in [7, 11) is 0. The van der Waals surface area contributed by atoms with Crippen molar-refractivity contribution in [2.75, 3.05) is 32.8 Å². The minimum absolute atomic E-state index is 0.0156. The molecule has 500 valence electrons. The Kier molecular flexibility index (Phi) is 27.2. The third kappa shape index (κ3) is 22.9. The average Bonchev–Trinajstić information content (AvgIpc) is 2.48. The van der Waals surface area contributed by atoms with E-state index < -0.39 is 139 Å². The molecule has 0 radical (unpaired) electrons. The summed E-state index contributed by atoms with van der Waals surface area (Å²) in [6.07, 6.45) is 0.160. The number of aliphatic imine (C=N–C) groups is 1. The summed E-state index contributed by atoms with van der Waals surface area (Å²) in [5.74, 6) is -11.6. The number of likely N-dealkylation sites (tertiary alicyclic amines) is 1. The molecule has 0 spiro atoms. The van der Waals surface area contributed by atoms with Gasteiger partial charge in [-0.25, -0.2) is 9.78 Å². The van der Waals surface area contributed by atoms with Crippen LogP contribution in [0.4, 0.5) is 13.2 Å². The maximum Gasteiger partial charge on any atom is 0.490 e.